The van der Waals surface area contributed by atoms with Crippen LogP contribution in [0.2, 0.25) is 0 Å². The fourth-order valence-electron chi connectivity index (χ4n) is 1.33. The van der Waals surface area contributed by atoms with Crippen molar-refractivity contribution in [2.24, 2.45) is 0 Å². The molecule has 0 N–H and O–H groups in total. The minimum atomic E-state index is 1.06. The molecule has 0 fully saturated rings. The molecule has 0 heteroatoms. The van der Waals surface area contributed by atoms with Crippen LogP contribution < -0.4 is 0 Å². The minimum absolute atomic E-state index is 1.06. The predicted molar refractivity (Wildman–Crippen MR) is 48.1 cm³/mol. The van der Waals surface area contributed by atoms with E-state index in [2.05, 4.69) is 30.9 Å². The van der Waals surface area contributed by atoms with Gasteiger partial charge in [0.15, 0.2) is 0 Å². The quantitative estimate of drug-likeness (QED) is 0.564. The molecule has 0 aliphatic heterocycles. The van der Waals surface area contributed by atoms with Gasteiger partial charge in [0, 0.05) is 0 Å². The third-order valence-electron chi connectivity index (χ3n) is 1.95. The van der Waals surface area contributed by atoms with Crippen molar-refractivity contribution in [2.45, 2.75) is 6.42 Å². The minimum Gasteiger partial charge on any atom is -0.0984 e. The topological polar surface area (TPSA) is 0 Å². The molecule has 1 radical (unpaired) electrons. The molecule has 0 saturated carbocycles. The van der Waals surface area contributed by atoms with Crippen molar-refractivity contribution in [3.8, 4) is 0 Å². The maximum Gasteiger partial charge on any atom is -0.00880 e. The van der Waals surface area contributed by atoms with E-state index in [1.54, 1.807) is 0 Å². The summed E-state index contributed by atoms with van der Waals surface area (Å²) in [7, 11) is 0. The monoisotopic (exact) mass is 141 g/mol. The van der Waals surface area contributed by atoms with Crippen LogP contribution in [0.4, 0.5) is 0 Å². The molecule has 0 atom stereocenters. The second-order valence-corrected chi connectivity index (χ2v) is 2.68. The Morgan fingerprint density at radius 2 is 2.45 bits per heavy atom. The molecular formula is C11H9. The van der Waals surface area contributed by atoms with E-state index in [0.717, 1.165) is 12.0 Å². The molecule has 2 rings (SSSR count). The molecule has 0 unspecified atom stereocenters. The van der Waals surface area contributed by atoms with E-state index in [9.17, 15) is 0 Å². The van der Waals surface area contributed by atoms with Crippen molar-refractivity contribution in [3.05, 3.63) is 47.5 Å². The third-order valence-corrected chi connectivity index (χ3v) is 1.95. The molecule has 1 aromatic carbocycles. The van der Waals surface area contributed by atoms with Crippen LogP contribution in [0.25, 0.3) is 12.2 Å². The second kappa shape index (κ2) is 2.39. The molecule has 1 aromatic rings. The van der Waals surface area contributed by atoms with Gasteiger partial charge in [-0.2, -0.15) is 0 Å². The van der Waals surface area contributed by atoms with Crippen molar-refractivity contribution in [1.29, 1.82) is 0 Å². The lowest BCUT2D eigenvalue weighted by Crippen LogP contribution is -1.82. The Kier molecular flexibility index (Phi) is 1.39. The normalized spacial score (nSPS) is 13.1. The molecular weight excluding hydrogens is 132 g/mol. The van der Waals surface area contributed by atoms with E-state index >= 15 is 0 Å². The van der Waals surface area contributed by atoms with Gasteiger partial charge >= 0.3 is 0 Å². The van der Waals surface area contributed by atoms with Gasteiger partial charge in [0.05, 0.1) is 0 Å². The van der Waals surface area contributed by atoms with Crippen molar-refractivity contribution < 1.29 is 0 Å². The zero-order chi connectivity index (χ0) is 7.68. The molecule has 0 bridgehead atoms. The Labute approximate surface area is 66.9 Å². The fraction of sp³-hybridized carbons (Fsp3) is 0.0909. The predicted octanol–water partition coefficient (Wildman–Crippen LogP) is 2.70. The lowest BCUT2D eigenvalue weighted by Gasteiger charge is -1.98. The lowest BCUT2D eigenvalue weighted by molar-refractivity contribution is 1.30. The number of hydrogen-bond acceptors (Lipinski definition) is 0. The van der Waals surface area contributed by atoms with Crippen LogP contribution >= 0.6 is 0 Å². The van der Waals surface area contributed by atoms with Crippen molar-refractivity contribution in [2.75, 3.05) is 0 Å². The second-order valence-electron chi connectivity index (χ2n) is 2.68. The molecule has 0 saturated heterocycles. The summed E-state index contributed by atoms with van der Waals surface area (Å²) in [6.45, 7) is 3.70. The molecule has 0 amide bonds. The maximum absolute atomic E-state index is 3.70. The van der Waals surface area contributed by atoms with Gasteiger partial charge in [-0.1, -0.05) is 30.9 Å². The van der Waals surface area contributed by atoms with E-state index < -0.39 is 0 Å². The molecule has 1 aliphatic carbocycles. The highest BCUT2D eigenvalue weighted by atomic mass is 14.1. The molecule has 0 heterocycles. The van der Waals surface area contributed by atoms with Crippen LogP contribution in [-0.2, 0) is 6.42 Å². The highest BCUT2D eigenvalue weighted by Crippen LogP contribution is 2.20. The Morgan fingerprint density at radius 1 is 1.55 bits per heavy atom. The number of fused-ring (bicyclic) bond motifs is 1. The van der Waals surface area contributed by atoms with E-state index in [1.807, 2.05) is 12.1 Å². The first-order valence-corrected chi connectivity index (χ1v) is 3.74. The Balaban J connectivity index is 2.53. The zero-order valence-corrected chi connectivity index (χ0v) is 6.30. The first kappa shape index (κ1) is 6.41. The van der Waals surface area contributed by atoms with Crippen LogP contribution in [0, 0.1) is 6.07 Å². The van der Waals surface area contributed by atoms with Gasteiger partial charge in [0.25, 0.3) is 0 Å². The van der Waals surface area contributed by atoms with Gasteiger partial charge in [-0.3, -0.25) is 0 Å². The van der Waals surface area contributed by atoms with E-state index in [1.165, 1.54) is 11.1 Å². The highest BCUT2D eigenvalue weighted by molar-refractivity contribution is 5.63. The first-order chi connectivity index (χ1) is 5.40. The average molecular weight is 141 g/mol. The molecule has 0 nitrogen and oxygen atoms in total. The highest BCUT2D eigenvalue weighted by Gasteiger charge is 2.03. The largest absolute Gasteiger partial charge is 0.0984 e. The Hall–Kier alpha value is -1.30. The van der Waals surface area contributed by atoms with Gasteiger partial charge in [-0.05, 0) is 35.2 Å². The van der Waals surface area contributed by atoms with Crippen molar-refractivity contribution in [1.82, 2.24) is 0 Å². The Bertz CT molecular complexity index is 319. The molecule has 11 heavy (non-hydrogen) atoms. The standard InChI is InChI=1S/C11H9/c1-2-9-6-7-10-4-3-5-11(10)8-9/h2-4,7-8H,1,5H2. The number of rotatable bonds is 1. The number of hydrogen-bond donors (Lipinski definition) is 0. The fourth-order valence-corrected chi connectivity index (χ4v) is 1.33. The summed E-state index contributed by atoms with van der Waals surface area (Å²) in [5.41, 5.74) is 3.78. The van der Waals surface area contributed by atoms with E-state index in [4.69, 9.17) is 0 Å². The van der Waals surface area contributed by atoms with Crippen LogP contribution in [0.3, 0.4) is 0 Å². The van der Waals surface area contributed by atoms with Crippen LogP contribution in [0.5, 0.6) is 0 Å². The zero-order valence-electron chi connectivity index (χ0n) is 6.30. The Morgan fingerprint density at radius 3 is 3.27 bits per heavy atom. The van der Waals surface area contributed by atoms with E-state index in [-0.39, 0.29) is 0 Å². The summed E-state index contributed by atoms with van der Waals surface area (Å²) >= 11 is 0. The molecule has 1 aliphatic rings. The summed E-state index contributed by atoms with van der Waals surface area (Å²) in [6.07, 6.45) is 7.20. The smallest absolute Gasteiger partial charge is 0.00880 e. The SMILES string of the molecule is C=Cc1[c]cc2c(c1)CC=C2. The van der Waals surface area contributed by atoms with Gasteiger partial charge in [0.1, 0.15) is 0 Å². The first-order valence-electron chi connectivity index (χ1n) is 3.74. The summed E-state index contributed by atoms with van der Waals surface area (Å²) in [4.78, 5) is 0. The van der Waals surface area contributed by atoms with Crippen molar-refractivity contribution in [3.63, 3.8) is 0 Å². The van der Waals surface area contributed by atoms with Gasteiger partial charge < -0.3 is 0 Å². The lowest BCUT2D eigenvalue weighted by atomic mass is 10.1. The molecule has 0 spiro atoms. The summed E-state index contributed by atoms with van der Waals surface area (Å²) in [6, 6.07) is 7.31. The summed E-state index contributed by atoms with van der Waals surface area (Å²) < 4.78 is 0. The van der Waals surface area contributed by atoms with Crippen LogP contribution in [-0.4, -0.2) is 0 Å². The van der Waals surface area contributed by atoms with Crippen LogP contribution in [0.1, 0.15) is 16.7 Å². The van der Waals surface area contributed by atoms with Gasteiger partial charge in [0.2, 0.25) is 0 Å². The van der Waals surface area contributed by atoms with E-state index in [0.29, 0.717) is 0 Å². The molecule has 53 valence electrons. The maximum atomic E-state index is 3.70. The summed E-state index contributed by atoms with van der Waals surface area (Å²) in [5, 5.41) is 0. The van der Waals surface area contributed by atoms with Gasteiger partial charge in [-0.15, -0.1) is 0 Å². The number of allylic oxidation sites excluding steroid dienone is 1. The summed E-state index contributed by atoms with van der Waals surface area (Å²) in [5.74, 6) is 0. The van der Waals surface area contributed by atoms with Crippen molar-refractivity contribution >= 4 is 12.2 Å². The van der Waals surface area contributed by atoms with Gasteiger partial charge in [-0.25, -0.2) is 0 Å². The van der Waals surface area contributed by atoms with Crippen LogP contribution in [0.15, 0.2) is 24.8 Å². The molecule has 0 aromatic heterocycles. The average Bonchev–Trinajstić information content (AvgIpc) is 2.50. The third kappa shape index (κ3) is 1.01. The number of benzene rings is 1.